The summed E-state index contributed by atoms with van der Waals surface area (Å²) in [5, 5.41) is 4.70. The molecule has 0 aromatic heterocycles. The molecule has 2 unspecified atom stereocenters. The highest BCUT2D eigenvalue weighted by Crippen LogP contribution is 2.27. The van der Waals surface area contributed by atoms with Crippen molar-refractivity contribution in [2.75, 3.05) is 6.26 Å². The molecule has 1 aliphatic carbocycles. The number of thioether (sulfide) groups is 1. The Labute approximate surface area is 117 Å². The first-order valence-electron chi connectivity index (χ1n) is 6.39. The van der Waals surface area contributed by atoms with Crippen LogP contribution in [0.5, 0.6) is 0 Å². The van der Waals surface area contributed by atoms with Crippen LogP contribution in [0, 0.1) is 5.82 Å². The normalized spacial score (nSPS) is 24.2. The van der Waals surface area contributed by atoms with Crippen molar-refractivity contribution in [2.24, 2.45) is 0 Å². The molecule has 2 rings (SSSR count). The van der Waals surface area contributed by atoms with E-state index in [1.54, 1.807) is 12.1 Å². The second-order valence-electron chi connectivity index (χ2n) is 4.80. The SMILES string of the molecule is CSC1CCCC(NCc2c(F)cccc2Cl)C1. The molecule has 0 spiro atoms. The summed E-state index contributed by atoms with van der Waals surface area (Å²) >= 11 is 7.96. The molecule has 0 amide bonds. The Hall–Kier alpha value is -0.250. The van der Waals surface area contributed by atoms with E-state index in [9.17, 15) is 4.39 Å². The van der Waals surface area contributed by atoms with Crippen LogP contribution in [0.15, 0.2) is 18.2 Å². The summed E-state index contributed by atoms with van der Waals surface area (Å²) in [5.41, 5.74) is 0.588. The molecule has 0 radical (unpaired) electrons. The molecule has 1 fully saturated rings. The van der Waals surface area contributed by atoms with E-state index in [-0.39, 0.29) is 5.82 Å². The predicted molar refractivity (Wildman–Crippen MR) is 77.8 cm³/mol. The number of rotatable bonds is 4. The van der Waals surface area contributed by atoms with Gasteiger partial charge in [0.15, 0.2) is 0 Å². The van der Waals surface area contributed by atoms with E-state index in [4.69, 9.17) is 11.6 Å². The Kier molecular flexibility index (Phi) is 5.34. The van der Waals surface area contributed by atoms with Gasteiger partial charge in [-0.05, 0) is 37.7 Å². The first-order chi connectivity index (χ1) is 8.70. The number of hydrogen-bond acceptors (Lipinski definition) is 2. The summed E-state index contributed by atoms with van der Waals surface area (Å²) < 4.78 is 13.6. The van der Waals surface area contributed by atoms with Crippen molar-refractivity contribution in [1.82, 2.24) is 5.32 Å². The van der Waals surface area contributed by atoms with Crippen LogP contribution in [0.4, 0.5) is 4.39 Å². The van der Waals surface area contributed by atoms with E-state index < -0.39 is 0 Å². The molecular weight excluding hydrogens is 269 g/mol. The minimum atomic E-state index is -0.216. The third-order valence-electron chi connectivity index (χ3n) is 3.59. The van der Waals surface area contributed by atoms with Crippen molar-refractivity contribution in [3.8, 4) is 0 Å². The minimum Gasteiger partial charge on any atom is -0.310 e. The van der Waals surface area contributed by atoms with Crippen LogP contribution in [0.25, 0.3) is 0 Å². The van der Waals surface area contributed by atoms with Gasteiger partial charge in [0.05, 0.1) is 0 Å². The summed E-state index contributed by atoms with van der Waals surface area (Å²) in [6, 6.07) is 5.35. The highest BCUT2D eigenvalue weighted by atomic mass is 35.5. The molecule has 100 valence electrons. The molecule has 18 heavy (non-hydrogen) atoms. The Morgan fingerprint density at radius 1 is 1.44 bits per heavy atom. The molecular formula is C14H19ClFNS. The lowest BCUT2D eigenvalue weighted by molar-refractivity contribution is 0.377. The fourth-order valence-corrected chi connectivity index (χ4v) is 3.55. The highest BCUT2D eigenvalue weighted by Gasteiger charge is 2.21. The average Bonchev–Trinajstić information content (AvgIpc) is 2.38. The molecule has 0 saturated heterocycles. The van der Waals surface area contributed by atoms with Gasteiger partial charge in [-0.25, -0.2) is 4.39 Å². The highest BCUT2D eigenvalue weighted by molar-refractivity contribution is 7.99. The average molecular weight is 288 g/mol. The summed E-state index contributed by atoms with van der Waals surface area (Å²) in [6.07, 6.45) is 7.09. The Morgan fingerprint density at radius 2 is 2.28 bits per heavy atom. The predicted octanol–water partition coefficient (Wildman–Crippen LogP) is 4.24. The van der Waals surface area contributed by atoms with Gasteiger partial charge in [0.1, 0.15) is 5.82 Å². The second kappa shape index (κ2) is 6.78. The summed E-state index contributed by atoms with van der Waals surface area (Å²) in [6.45, 7) is 0.525. The van der Waals surface area contributed by atoms with Crippen molar-refractivity contribution in [3.05, 3.63) is 34.6 Å². The van der Waals surface area contributed by atoms with Gasteiger partial charge in [0, 0.05) is 28.4 Å². The lowest BCUT2D eigenvalue weighted by atomic mass is 9.95. The molecule has 1 saturated carbocycles. The summed E-state index contributed by atoms with van der Waals surface area (Å²) in [7, 11) is 0. The third kappa shape index (κ3) is 3.62. The smallest absolute Gasteiger partial charge is 0.129 e. The quantitative estimate of drug-likeness (QED) is 0.889. The maximum atomic E-state index is 13.6. The molecule has 1 N–H and O–H groups in total. The monoisotopic (exact) mass is 287 g/mol. The van der Waals surface area contributed by atoms with Gasteiger partial charge < -0.3 is 5.32 Å². The van der Waals surface area contributed by atoms with Crippen LogP contribution in [-0.2, 0) is 6.54 Å². The van der Waals surface area contributed by atoms with E-state index in [1.165, 1.54) is 31.7 Å². The molecule has 0 aliphatic heterocycles. The van der Waals surface area contributed by atoms with Gasteiger partial charge in [-0.3, -0.25) is 0 Å². The molecule has 1 aromatic carbocycles. The number of halogens is 2. The first kappa shape index (κ1) is 14.2. The summed E-state index contributed by atoms with van der Waals surface area (Å²) in [4.78, 5) is 0. The van der Waals surface area contributed by atoms with Crippen LogP contribution in [0.2, 0.25) is 5.02 Å². The molecule has 0 heterocycles. The van der Waals surface area contributed by atoms with Gasteiger partial charge in [0.25, 0.3) is 0 Å². The van der Waals surface area contributed by atoms with Crippen LogP contribution in [-0.4, -0.2) is 17.5 Å². The molecule has 1 nitrogen and oxygen atoms in total. The number of hydrogen-bond donors (Lipinski definition) is 1. The maximum absolute atomic E-state index is 13.6. The number of benzene rings is 1. The third-order valence-corrected chi connectivity index (χ3v) is 5.04. The van der Waals surface area contributed by atoms with Crippen LogP contribution in [0.3, 0.4) is 0 Å². The topological polar surface area (TPSA) is 12.0 Å². The second-order valence-corrected chi connectivity index (χ2v) is 6.35. The van der Waals surface area contributed by atoms with E-state index in [0.29, 0.717) is 23.2 Å². The zero-order valence-electron chi connectivity index (χ0n) is 10.6. The fraction of sp³-hybridized carbons (Fsp3) is 0.571. The van der Waals surface area contributed by atoms with Gasteiger partial charge in [-0.2, -0.15) is 11.8 Å². The van der Waals surface area contributed by atoms with E-state index in [0.717, 1.165) is 5.25 Å². The molecule has 4 heteroatoms. The standard InChI is InChI=1S/C14H19ClFNS/c1-18-11-5-2-4-10(8-11)17-9-12-13(15)6-3-7-14(12)16/h3,6-7,10-11,17H,2,4-5,8-9H2,1H3. The Morgan fingerprint density at radius 3 is 3.00 bits per heavy atom. The number of nitrogens with one attached hydrogen (secondary N) is 1. The lowest BCUT2D eigenvalue weighted by Gasteiger charge is -2.29. The van der Waals surface area contributed by atoms with Crippen LogP contribution < -0.4 is 5.32 Å². The van der Waals surface area contributed by atoms with Gasteiger partial charge >= 0.3 is 0 Å². The van der Waals surface area contributed by atoms with Crippen LogP contribution in [0.1, 0.15) is 31.2 Å². The van der Waals surface area contributed by atoms with Crippen molar-refractivity contribution < 1.29 is 4.39 Å². The van der Waals surface area contributed by atoms with Crippen molar-refractivity contribution >= 4 is 23.4 Å². The first-order valence-corrected chi connectivity index (χ1v) is 8.06. The summed E-state index contributed by atoms with van der Waals surface area (Å²) in [5.74, 6) is -0.216. The molecule has 2 atom stereocenters. The van der Waals surface area contributed by atoms with Crippen LogP contribution >= 0.6 is 23.4 Å². The van der Waals surface area contributed by atoms with E-state index in [1.807, 2.05) is 11.8 Å². The molecule has 1 aromatic rings. The minimum absolute atomic E-state index is 0.216. The Balaban J connectivity index is 1.91. The van der Waals surface area contributed by atoms with Crippen molar-refractivity contribution in [3.63, 3.8) is 0 Å². The van der Waals surface area contributed by atoms with Crippen molar-refractivity contribution in [1.29, 1.82) is 0 Å². The maximum Gasteiger partial charge on any atom is 0.129 e. The van der Waals surface area contributed by atoms with Crippen molar-refractivity contribution in [2.45, 2.75) is 43.5 Å². The van der Waals surface area contributed by atoms with E-state index in [2.05, 4.69) is 11.6 Å². The molecule has 1 aliphatic rings. The lowest BCUT2D eigenvalue weighted by Crippen LogP contribution is -2.34. The van der Waals surface area contributed by atoms with Gasteiger partial charge in [-0.1, -0.05) is 24.1 Å². The molecule has 0 bridgehead atoms. The zero-order valence-corrected chi connectivity index (χ0v) is 12.2. The fourth-order valence-electron chi connectivity index (χ4n) is 2.49. The largest absolute Gasteiger partial charge is 0.310 e. The van der Waals surface area contributed by atoms with Gasteiger partial charge in [0.2, 0.25) is 0 Å². The van der Waals surface area contributed by atoms with Gasteiger partial charge in [-0.15, -0.1) is 0 Å². The zero-order chi connectivity index (χ0) is 13.0. The Bertz CT molecular complexity index is 379. The van der Waals surface area contributed by atoms with E-state index >= 15 is 0 Å².